The summed E-state index contributed by atoms with van der Waals surface area (Å²) >= 11 is 0. The summed E-state index contributed by atoms with van der Waals surface area (Å²) in [4.78, 5) is 2.41. The van der Waals surface area contributed by atoms with E-state index in [4.69, 9.17) is 0 Å². The monoisotopic (exact) mass is 439 g/mol. The van der Waals surface area contributed by atoms with Gasteiger partial charge >= 0.3 is 0 Å². The van der Waals surface area contributed by atoms with Gasteiger partial charge in [0.2, 0.25) is 0 Å². The van der Waals surface area contributed by atoms with Crippen LogP contribution in [0.4, 0.5) is 0 Å². The third kappa shape index (κ3) is 16.2. The Bertz CT molecular complexity index is 386. The summed E-state index contributed by atoms with van der Waals surface area (Å²) < 4.78 is 0. The van der Waals surface area contributed by atoms with E-state index >= 15 is 0 Å². The van der Waals surface area contributed by atoms with Gasteiger partial charge in [0.15, 0.2) is 0 Å². The van der Waals surface area contributed by atoms with Crippen molar-refractivity contribution in [3.8, 4) is 0 Å². The zero-order valence-corrected chi connectivity index (χ0v) is 19.8. The highest BCUT2D eigenvalue weighted by Gasteiger charge is 2.02. The first-order valence-electron chi connectivity index (χ1n) is 11.6. The SMILES string of the molecule is Br.C=CC1=CCN(CCCCCCCCCCCCCCCCCC)C=C1. The minimum atomic E-state index is 0. The van der Waals surface area contributed by atoms with Crippen LogP contribution in [-0.2, 0) is 0 Å². The molecule has 0 aromatic rings. The van der Waals surface area contributed by atoms with Gasteiger partial charge in [-0.05, 0) is 24.3 Å². The molecule has 2 heteroatoms. The normalized spacial score (nSPS) is 13.4. The lowest BCUT2D eigenvalue weighted by atomic mass is 10.0. The first-order chi connectivity index (χ1) is 12.9. The van der Waals surface area contributed by atoms with E-state index in [0.717, 1.165) is 6.54 Å². The van der Waals surface area contributed by atoms with Gasteiger partial charge in [-0.2, -0.15) is 0 Å². The topological polar surface area (TPSA) is 3.24 Å². The van der Waals surface area contributed by atoms with E-state index in [0.29, 0.717) is 0 Å². The zero-order valence-electron chi connectivity index (χ0n) is 18.1. The van der Waals surface area contributed by atoms with Crippen molar-refractivity contribution in [2.45, 2.75) is 110 Å². The fourth-order valence-corrected chi connectivity index (χ4v) is 3.72. The molecular weight excluding hydrogens is 394 g/mol. The molecule has 0 N–H and O–H groups in total. The van der Waals surface area contributed by atoms with Crippen molar-refractivity contribution < 1.29 is 0 Å². The van der Waals surface area contributed by atoms with Crippen molar-refractivity contribution in [3.63, 3.8) is 0 Å². The number of rotatable bonds is 18. The van der Waals surface area contributed by atoms with Crippen molar-refractivity contribution in [3.05, 3.63) is 36.6 Å². The molecule has 0 radical (unpaired) electrons. The molecular formula is C25H46BrN. The van der Waals surface area contributed by atoms with E-state index < -0.39 is 0 Å². The Hall–Kier alpha value is -0.500. The number of halogens is 1. The molecule has 0 bridgehead atoms. The van der Waals surface area contributed by atoms with Crippen LogP contribution in [0.3, 0.4) is 0 Å². The van der Waals surface area contributed by atoms with Gasteiger partial charge < -0.3 is 4.90 Å². The second-order valence-corrected chi connectivity index (χ2v) is 8.02. The van der Waals surface area contributed by atoms with Crippen LogP contribution in [0.1, 0.15) is 110 Å². The highest BCUT2D eigenvalue weighted by molar-refractivity contribution is 8.93. The Kier molecular flexibility index (Phi) is 19.9. The van der Waals surface area contributed by atoms with Gasteiger partial charge in [-0.3, -0.25) is 0 Å². The van der Waals surface area contributed by atoms with E-state index in [-0.39, 0.29) is 17.0 Å². The third-order valence-corrected chi connectivity index (χ3v) is 5.57. The van der Waals surface area contributed by atoms with Crippen LogP contribution in [0.5, 0.6) is 0 Å². The van der Waals surface area contributed by atoms with E-state index in [1.54, 1.807) is 0 Å². The molecule has 1 heterocycles. The van der Waals surface area contributed by atoms with Crippen molar-refractivity contribution in [1.82, 2.24) is 4.90 Å². The van der Waals surface area contributed by atoms with Gasteiger partial charge in [0.25, 0.3) is 0 Å². The molecule has 1 nitrogen and oxygen atoms in total. The maximum atomic E-state index is 3.82. The summed E-state index contributed by atoms with van der Waals surface area (Å²) in [5.41, 5.74) is 1.26. The molecule has 0 aromatic heterocycles. The summed E-state index contributed by atoms with van der Waals surface area (Å²) in [6.45, 7) is 8.37. The lowest BCUT2D eigenvalue weighted by Crippen LogP contribution is -2.20. The minimum Gasteiger partial charge on any atom is -0.374 e. The highest BCUT2D eigenvalue weighted by Crippen LogP contribution is 2.14. The summed E-state index contributed by atoms with van der Waals surface area (Å²) in [6.07, 6.45) is 31.6. The number of allylic oxidation sites excluding steroid dienone is 3. The molecule has 0 fully saturated rings. The van der Waals surface area contributed by atoms with Crippen LogP contribution in [0.2, 0.25) is 0 Å². The molecule has 0 aliphatic carbocycles. The highest BCUT2D eigenvalue weighted by atomic mass is 79.9. The first-order valence-corrected chi connectivity index (χ1v) is 11.6. The lowest BCUT2D eigenvalue weighted by molar-refractivity contribution is 0.391. The summed E-state index contributed by atoms with van der Waals surface area (Å²) in [5, 5.41) is 0. The van der Waals surface area contributed by atoms with E-state index in [1.165, 1.54) is 115 Å². The Labute approximate surface area is 181 Å². The summed E-state index contributed by atoms with van der Waals surface area (Å²) in [6, 6.07) is 0. The fourth-order valence-electron chi connectivity index (χ4n) is 3.72. The van der Waals surface area contributed by atoms with Crippen molar-refractivity contribution in [2.24, 2.45) is 0 Å². The van der Waals surface area contributed by atoms with E-state index in [9.17, 15) is 0 Å². The standard InChI is InChI=1S/C25H45N.BrH/c1-3-5-6-7-8-9-10-11-12-13-14-15-16-17-18-19-22-26-23-20-25(4-2)21-24-26;/h4,20-21,23H,2-3,5-19,22,24H2,1H3;1H. The molecule has 1 aliphatic rings. The number of hydrogen-bond donors (Lipinski definition) is 0. The Morgan fingerprint density at radius 1 is 0.778 bits per heavy atom. The average molecular weight is 441 g/mol. The Morgan fingerprint density at radius 3 is 1.59 bits per heavy atom. The lowest BCUT2D eigenvalue weighted by Gasteiger charge is -2.21. The number of hydrogen-bond acceptors (Lipinski definition) is 1. The summed E-state index contributed by atoms with van der Waals surface area (Å²) in [7, 11) is 0. The van der Waals surface area contributed by atoms with Crippen LogP contribution in [0.25, 0.3) is 0 Å². The molecule has 1 aliphatic heterocycles. The molecule has 1 rings (SSSR count). The molecule has 0 aromatic carbocycles. The van der Waals surface area contributed by atoms with Crippen LogP contribution in [-0.4, -0.2) is 18.0 Å². The minimum absolute atomic E-state index is 0. The number of nitrogens with zero attached hydrogens (tertiary/aromatic N) is 1. The average Bonchev–Trinajstić information content (AvgIpc) is 2.68. The molecule has 0 spiro atoms. The van der Waals surface area contributed by atoms with Crippen LogP contribution in [0, 0.1) is 0 Å². The van der Waals surface area contributed by atoms with Crippen molar-refractivity contribution in [2.75, 3.05) is 13.1 Å². The molecule has 0 saturated heterocycles. The van der Waals surface area contributed by atoms with Crippen LogP contribution in [0.15, 0.2) is 36.6 Å². The van der Waals surface area contributed by atoms with Crippen molar-refractivity contribution in [1.29, 1.82) is 0 Å². The molecule has 0 unspecified atom stereocenters. The Balaban J connectivity index is 0.00000676. The third-order valence-electron chi connectivity index (χ3n) is 5.57. The van der Waals surface area contributed by atoms with Gasteiger partial charge in [0.05, 0.1) is 0 Å². The van der Waals surface area contributed by atoms with Crippen molar-refractivity contribution >= 4 is 17.0 Å². The van der Waals surface area contributed by atoms with E-state index in [2.05, 4.69) is 36.8 Å². The Morgan fingerprint density at radius 2 is 1.22 bits per heavy atom. The predicted molar refractivity (Wildman–Crippen MR) is 129 cm³/mol. The maximum Gasteiger partial charge on any atom is 0.0362 e. The molecule has 27 heavy (non-hydrogen) atoms. The van der Waals surface area contributed by atoms with Crippen LogP contribution < -0.4 is 0 Å². The van der Waals surface area contributed by atoms with Gasteiger partial charge in [0.1, 0.15) is 0 Å². The predicted octanol–water partition coefficient (Wildman–Crippen LogP) is 8.77. The van der Waals surface area contributed by atoms with Gasteiger partial charge in [-0.15, -0.1) is 17.0 Å². The largest absolute Gasteiger partial charge is 0.374 e. The van der Waals surface area contributed by atoms with Gasteiger partial charge in [0, 0.05) is 13.1 Å². The molecule has 158 valence electrons. The molecule has 0 amide bonds. The fraction of sp³-hybridized carbons (Fsp3) is 0.760. The van der Waals surface area contributed by atoms with Gasteiger partial charge in [-0.1, -0.05) is 122 Å². The second kappa shape index (κ2) is 20.2. The summed E-state index contributed by atoms with van der Waals surface area (Å²) in [5.74, 6) is 0. The molecule has 0 saturated carbocycles. The smallest absolute Gasteiger partial charge is 0.0362 e. The van der Waals surface area contributed by atoms with E-state index in [1.807, 2.05) is 6.08 Å². The van der Waals surface area contributed by atoms with Crippen LogP contribution >= 0.6 is 17.0 Å². The molecule has 0 atom stereocenters. The maximum absolute atomic E-state index is 3.82. The second-order valence-electron chi connectivity index (χ2n) is 8.02. The zero-order chi connectivity index (χ0) is 18.7. The van der Waals surface area contributed by atoms with Gasteiger partial charge in [-0.25, -0.2) is 0 Å². The number of unbranched alkanes of at least 4 members (excludes halogenated alkanes) is 15. The first kappa shape index (κ1) is 26.5. The quantitative estimate of drug-likeness (QED) is 0.193.